The lowest BCUT2D eigenvalue weighted by Crippen LogP contribution is -2.50. The summed E-state index contributed by atoms with van der Waals surface area (Å²) >= 11 is 0.370. The van der Waals surface area contributed by atoms with Gasteiger partial charge in [0.05, 0.1) is 0 Å². The van der Waals surface area contributed by atoms with Crippen molar-refractivity contribution in [1.29, 1.82) is 0 Å². The summed E-state index contributed by atoms with van der Waals surface area (Å²) in [5.74, 6) is -5.65. The Morgan fingerprint density at radius 2 is 1.89 bits per heavy atom. The van der Waals surface area contributed by atoms with Crippen molar-refractivity contribution in [3.8, 4) is 0 Å². The van der Waals surface area contributed by atoms with E-state index in [0.717, 1.165) is 6.92 Å². The summed E-state index contributed by atoms with van der Waals surface area (Å²) in [6.45, 7) is 5.80. The molecule has 0 aliphatic heterocycles. The zero-order chi connectivity index (χ0) is 20.8. The van der Waals surface area contributed by atoms with Gasteiger partial charge in [0.25, 0.3) is 0 Å². The molecule has 9 nitrogen and oxygen atoms in total. The lowest BCUT2D eigenvalue weighted by Gasteiger charge is -2.26. The number of alkyl halides is 3. The molecule has 0 bridgehead atoms. The highest BCUT2D eigenvalue weighted by Crippen LogP contribution is 2.29. The average Bonchev–Trinajstić information content (AvgIpc) is 2.96. The van der Waals surface area contributed by atoms with Gasteiger partial charge in [-0.3, -0.25) is 9.59 Å². The van der Waals surface area contributed by atoms with E-state index in [4.69, 9.17) is 4.74 Å². The minimum Gasteiger partial charge on any atom is -0.458 e. The van der Waals surface area contributed by atoms with Crippen molar-refractivity contribution in [2.24, 2.45) is 5.92 Å². The van der Waals surface area contributed by atoms with Crippen molar-refractivity contribution in [3.05, 3.63) is 5.82 Å². The molecule has 0 saturated heterocycles. The zero-order valence-corrected chi connectivity index (χ0v) is 15.9. The fourth-order valence-electron chi connectivity index (χ4n) is 1.81. The number of hydrogen-bond acceptors (Lipinski definition) is 8. The van der Waals surface area contributed by atoms with E-state index in [0.29, 0.717) is 11.8 Å². The van der Waals surface area contributed by atoms with Crippen LogP contribution in [0.5, 0.6) is 0 Å². The van der Waals surface area contributed by atoms with Crippen LogP contribution in [0.25, 0.3) is 0 Å². The van der Waals surface area contributed by atoms with Crippen molar-refractivity contribution in [2.75, 3.05) is 5.75 Å². The van der Waals surface area contributed by atoms with Crippen LogP contribution in [-0.2, 0) is 25.5 Å². The van der Waals surface area contributed by atoms with E-state index < -0.39 is 46.5 Å². The van der Waals surface area contributed by atoms with Gasteiger partial charge in [0.2, 0.25) is 5.91 Å². The number of tetrazole rings is 1. The number of amides is 1. The normalized spacial score (nSPS) is 14.3. The SMILES string of the molecule is CC(=O)SCC(C(=O)N[C@@H](Cc1nn[nH]n1)C(=O)OC(C)(C)C)C(F)(F)F. The van der Waals surface area contributed by atoms with Gasteiger partial charge in [-0.15, -0.1) is 10.2 Å². The summed E-state index contributed by atoms with van der Waals surface area (Å²) < 4.78 is 44.7. The van der Waals surface area contributed by atoms with Crippen molar-refractivity contribution < 1.29 is 32.3 Å². The molecule has 152 valence electrons. The number of nitrogens with one attached hydrogen (secondary N) is 2. The Hall–Kier alpha value is -2.18. The van der Waals surface area contributed by atoms with Crippen LogP contribution in [0.2, 0.25) is 0 Å². The van der Waals surface area contributed by atoms with Gasteiger partial charge in [0, 0.05) is 19.1 Å². The maximum Gasteiger partial charge on any atom is 0.401 e. The van der Waals surface area contributed by atoms with Gasteiger partial charge in [-0.2, -0.15) is 18.4 Å². The molecule has 1 unspecified atom stereocenters. The maximum atomic E-state index is 13.2. The molecule has 2 N–H and O–H groups in total. The van der Waals surface area contributed by atoms with Crippen molar-refractivity contribution >= 4 is 28.8 Å². The quantitative estimate of drug-likeness (QED) is 0.637. The Labute approximate surface area is 157 Å². The molecule has 1 aromatic heterocycles. The number of rotatable bonds is 7. The topological polar surface area (TPSA) is 127 Å². The van der Waals surface area contributed by atoms with Crippen molar-refractivity contribution in [3.63, 3.8) is 0 Å². The summed E-state index contributed by atoms with van der Waals surface area (Å²) in [6.07, 6.45) is -5.21. The lowest BCUT2D eigenvalue weighted by molar-refractivity contribution is -0.180. The zero-order valence-electron chi connectivity index (χ0n) is 15.1. The number of hydrogen-bond donors (Lipinski definition) is 2. The molecule has 1 aromatic rings. The Balaban J connectivity index is 2.97. The van der Waals surface area contributed by atoms with Crippen LogP contribution in [0.3, 0.4) is 0 Å². The Morgan fingerprint density at radius 1 is 1.26 bits per heavy atom. The second-order valence-electron chi connectivity index (χ2n) is 6.52. The molecular formula is C14H20F3N5O4S. The number of ether oxygens (including phenoxy) is 1. The Bertz CT molecular complexity index is 661. The predicted molar refractivity (Wildman–Crippen MR) is 88.3 cm³/mol. The smallest absolute Gasteiger partial charge is 0.401 e. The summed E-state index contributed by atoms with van der Waals surface area (Å²) in [5.41, 5.74) is -0.925. The fraction of sp³-hybridized carbons (Fsp3) is 0.714. The molecule has 0 aliphatic rings. The number of nitrogens with zero attached hydrogens (tertiary/aromatic N) is 3. The number of aromatic nitrogens is 4. The number of carbonyl (C=O) groups is 3. The van der Waals surface area contributed by atoms with Crippen molar-refractivity contribution in [1.82, 2.24) is 25.9 Å². The summed E-state index contributed by atoms with van der Waals surface area (Å²) in [5, 5.41) is 14.1. The van der Waals surface area contributed by atoms with Gasteiger partial charge < -0.3 is 10.1 Å². The maximum absolute atomic E-state index is 13.2. The molecule has 0 saturated carbocycles. The first-order valence-electron chi connectivity index (χ1n) is 7.75. The van der Waals surface area contributed by atoms with Crippen molar-refractivity contribution in [2.45, 2.75) is 51.9 Å². The second-order valence-corrected chi connectivity index (χ2v) is 7.72. The van der Waals surface area contributed by atoms with E-state index in [1.807, 2.05) is 5.32 Å². The van der Waals surface area contributed by atoms with E-state index in [1.165, 1.54) is 0 Å². The monoisotopic (exact) mass is 411 g/mol. The molecule has 0 aromatic carbocycles. The van der Waals surface area contributed by atoms with Crippen LogP contribution < -0.4 is 5.32 Å². The van der Waals surface area contributed by atoms with Gasteiger partial charge in [-0.05, 0) is 20.8 Å². The van der Waals surface area contributed by atoms with E-state index in [-0.39, 0.29) is 12.2 Å². The average molecular weight is 411 g/mol. The molecule has 13 heteroatoms. The Kier molecular flexibility index (Phi) is 7.75. The third kappa shape index (κ3) is 8.37. The standard InChI is InChI=1S/C14H20F3N5O4S/c1-7(23)27-6-8(14(15,16)17)11(24)18-9(5-10-19-21-22-20-10)12(25)26-13(2,3)4/h8-9H,5-6H2,1-4H3,(H,18,24)(H,19,20,21,22)/t8?,9-/m0/s1. The first-order chi connectivity index (χ1) is 12.3. The minimum atomic E-state index is -4.89. The molecule has 0 spiro atoms. The number of thioether (sulfide) groups is 1. The summed E-state index contributed by atoms with van der Waals surface area (Å²) in [6, 6.07) is -1.46. The van der Waals surface area contributed by atoms with Crippen LogP contribution >= 0.6 is 11.8 Å². The van der Waals surface area contributed by atoms with Gasteiger partial charge in [0.15, 0.2) is 10.9 Å². The molecule has 0 fully saturated rings. The number of H-pyrrole nitrogens is 1. The number of aromatic amines is 1. The lowest BCUT2D eigenvalue weighted by atomic mass is 10.1. The first-order valence-corrected chi connectivity index (χ1v) is 8.74. The molecule has 2 atom stereocenters. The molecule has 0 aliphatic carbocycles. The summed E-state index contributed by atoms with van der Waals surface area (Å²) in [4.78, 5) is 35.4. The molecular weight excluding hydrogens is 391 g/mol. The number of esters is 1. The van der Waals surface area contributed by atoms with Gasteiger partial charge >= 0.3 is 12.1 Å². The van der Waals surface area contributed by atoms with Gasteiger partial charge in [0.1, 0.15) is 17.6 Å². The van der Waals surface area contributed by atoms with Gasteiger partial charge in [-0.25, -0.2) is 4.79 Å². The van der Waals surface area contributed by atoms with Crippen LogP contribution in [-0.4, -0.2) is 61.2 Å². The third-order valence-corrected chi connectivity index (χ3v) is 3.86. The fourth-order valence-corrected chi connectivity index (χ4v) is 2.55. The molecule has 1 heterocycles. The molecule has 1 amide bonds. The third-order valence-electron chi connectivity index (χ3n) is 2.95. The highest BCUT2D eigenvalue weighted by atomic mass is 32.2. The van der Waals surface area contributed by atoms with Crippen LogP contribution in [0.4, 0.5) is 13.2 Å². The van der Waals surface area contributed by atoms with E-state index >= 15 is 0 Å². The van der Waals surface area contributed by atoms with Gasteiger partial charge in [-0.1, -0.05) is 17.0 Å². The minimum absolute atomic E-state index is 0.00725. The first kappa shape index (κ1) is 22.9. The number of carbonyl (C=O) groups excluding carboxylic acids is 3. The largest absolute Gasteiger partial charge is 0.458 e. The van der Waals surface area contributed by atoms with Crippen LogP contribution in [0, 0.1) is 5.92 Å². The molecule has 27 heavy (non-hydrogen) atoms. The molecule has 1 rings (SSSR count). The second kappa shape index (κ2) is 9.15. The predicted octanol–water partition coefficient (Wildman–Crippen LogP) is 1.03. The number of halogens is 3. The van der Waals surface area contributed by atoms with E-state index in [2.05, 4.69) is 20.6 Å². The summed E-state index contributed by atoms with van der Waals surface area (Å²) in [7, 11) is 0. The van der Waals surface area contributed by atoms with Crippen LogP contribution in [0.15, 0.2) is 0 Å². The Morgan fingerprint density at radius 3 is 2.33 bits per heavy atom. The van der Waals surface area contributed by atoms with E-state index in [1.54, 1.807) is 20.8 Å². The highest BCUT2D eigenvalue weighted by molar-refractivity contribution is 8.13. The van der Waals surface area contributed by atoms with Crippen LogP contribution in [0.1, 0.15) is 33.5 Å². The molecule has 0 radical (unpaired) electrons. The highest BCUT2D eigenvalue weighted by Gasteiger charge is 2.46. The van der Waals surface area contributed by atoms with E-state index in [9.17, 15) is 27.6 Å².